The van der Waals surface area contributed by atoms with Crippen LogP contribution in [0.4, 0.5) is 17.1 Å². The SMILES string of the molecule is C1=CC(C2CC=C(N3C4=CCCC=C4B4C5=C(CCC=C5)N(c5ccc(-c6ccccc6)cc5)c5cccc3c54)CC2)=CCC1. The van der Waals surface area contributed by atoms with Gasteiger partial charge in [-0.2, -0.15) is 0 Å². The maximum atomic E-state index is 2.66. The van der Waals surface area contributed by atoms with Crippen molar-refractivity contribution in [3.63, 3.8) is 0 Å². The number of fused-ring (bicyclic) bond motifs is 3. The van der Waals surface area contributed by atoms with E-state index in [9.17, 15) is 0 Å². The first-order chi connectivity index (χ1) is 22.3. The van der Waals surface area contributed by atoms with Crippen LogP contribution in [0.3, 0.4) is 0 Å². The number of rotatable bonds is 4. The molecule has 45 heavy (non-hydrogen) atoms. The summed E-state index contributed by atoms with van der Waals surface area (Å²) >= 11 is 0. The lowest BCUT2D eigenvalue weighted by molar-refractivity contribution is 0.539. The molecule has 0 aromatic heterocycles. The molecule has 0 fully saturated rings. The van der Waals surface area contributed by atoms with Gasteiger partial charge in [0.05, 0.1) is 0 Å². The van der Waals surface area contributed by atoms with E-state index in [2.05, 4.69) is 131 Å². The molecule has 9 rings (SSSR count). The molecule has 2 aliphatic heterocycles. The van der Waals surface area contributed by atoms with Crippen LogP contribution in [0.15, 0.2) is 155 Å². The molecule has 0 spiro atoms. The maximum absolute atomic E-state index is 2.66. The summed E-state index contributed by atoms with van der Waals surface area (Å²) in [5.41, 5.74) is 16.9. The summed E-state index contributed by atoms with van der Waals surface area (Å²) in [7, 11) is 0. The van der Waals surface area contributed by atoms with Crippen LogP contribution in [0.2, 0.25) is 0 Å². The van der Waals surface area contributed by atoms with Gasteiger partial charge in [0.15, 0.2) is 0 Å². The molecule has 1 unspecified atom stereocenters. The predicted molar refractivity (Wildman–Crippen MR) is 191 cm³/mol. The number of anilines is 3. The van der Waals surface area contributed by atoms with Gasteiger partial charge >= 0.3 is 0 Å². The van der Waals surface area contributed by atoms with E-state index in [0.717, 1.165) is 38.5 Å². The van der Waals surface area contributed by atoms with Crippen molar-refractivity contribution >= 4 is 29.2 Å². The number of hydrogen-bond donors (Lipinski definition) is 0. The summed E-state index contributed by atoms with van der Waals surface area (Å²) in [6.07, 6.45) is 30.0. The highest BCUT2D eigenvalue weighted by Gasteiger charge is 2.46. The molecule has 0 N–H and O–H groups in total. The summed E-state index contributed by atoms with van der Waals surface area (Å²) in [4.78, 5) is 5.25. The highest BCUT2D eigenvalue weighted by Crippen LogP contribution is 2.49. The van der Waals surface area contributed by atoms with Crippen LogP contribution >= 0.6 is 0 Å². The van der Waals surface area contributed by atoms with Crippen LogP contribution in [-0.4, -0.2) is 6.71 Å². The molecule has 0 bridgehead atoms. The molecule has 3 heteroatoms. The smallest absolute Gasteiger partial charge is 0.251 e. The van der Waals surface area contributed by atoms with Crippen molar-refractivity contribution in [3.8, 4) is 11.1 Å². The molecular weight excluding hydrogens is 543 g/mol. The van der Waals surface area contributed by atoms with Crippen molar-refractivity contribution < 1.29 is 0 Å². The summed E-state index contributed by atoms with van der Waals surface area (Å²) in [5.74, 6) is 0.650. The normalized spacial score (nSPS) is 21.8. The van der Waals surface area contributed by atoms with E-state index in [4.69, 9.17) is 0 Å². The fraction of sp³-hybridized carbons (Fsp3) is 0.238. The van der Waals surface area contributed by atoms with Crippen LogP contribution in [0.1, 0.15) is 57.8 Å². The second-order valence-corrected chi connectivity index (χ2v) is 13.2. The Morgan fingerprint density at radius 3 is 2.20 bits per heavy atom. The minimum Gasteiger partial charge on any atom is -0.316 e. The average molecular weight is 583 g/mol. The highest BCUT2D eigenvalue weighted by molar-refractivity contribution is 6.90. The summed E-state index contributed by atoms with van der Waals surface area (Å²) in [6, 6.07) is 27.0. The molecule has 4 aliphatic carbocycles. The fourth-order valence-corrected chi connectivity index (χ4v) is 8.62. The van der Waals surface area contributed by atoms with Gasteiger partial charge < -0.3 is 9.80 Å². The van der Waals surface area contributed by atoms with Crippen molar-refractivity contribution in [2.45, 2.75) is 57.8 Å². The van der Waals surface area contributed by atoms with Crippen molar-refractivity contribution in [3.05, 3.63) is 155 Å². The van der Waals surface area contributed by atoms with E-state index >= 15 is 0 Å². The quantitative estimate of drug-likeness (QED) is 0.283. The van der Waals surface area contributed by atoms with Gasteiger partial charge in [-0.3, -0.25) is 0 Å². The van der Waals surface area contributed by atoms with Crippen LogP contribution < -0.4 is 15.3 Å². The Kier molecular flexibility index (Phi) is 6.65. The monoisotopic (exact) mass is 582 g/mol. The molecule has 2 heterocycles. The standard InChI is InChI=1S/C42H39BN2/c1-3-12-30(13-4-1)32-22-26-34(27-23-32)44-38-18-9-7-16-36(38)43-37-17-8-10-19-39(37)45(41-21-11-20-40(44)42(41)43)35-28-24-33(25-29-35)31-14-5-2-6-15-31/h1,3-5,7,11-17,19-23,26-28,33H,2,6,8-10,18,24-25,29H2. The molecular formula is C42H39BN2. The summed E-state index contributed by atoms with van der Waals surface area (Å²) in [6.45, 7) is 0.292. The van der Waals surface area contributed by atoms with E-state index in [1.165, 1.54) is 81.0 Å². The van der Waals surface area contributed by atoms with Gasteiger partial charge in [0.2, 0.25) is 0 Å². The molecule has 0 radical (unpaired) electrons. The van der Waals surface area contributed by atoms with Crippen molar-refractivity contribution in [1.82, 2.24) is 0 Å². The molecule has 3 aromatic rings. The second kappa shape index (κ2) is 11.1. The first kappa shape index (κ1) is 26.9. The Balaban J connectivity index is 1.17. The third-order valence-corrected chi connectivity index (χ3v) is 10.7. The minimum atomic E-state index is 0.292. The summed E-state index contributed by atoms with van der Waals surface area (Å²) in [5, 5.41) is 0. The first-order valence-corrected chi connectivity index (χ1v) is 17.1. The van der Waals surface area contributed by atoms with Crippen LogP contribution in [0.25, 0.3) is 11.1 Å². The Morgan fingerprint density at radius 2 is 1.40 bits per heavy atom. The first-order valence-electron chi connectivity index (χ1n) is 17.1. The lowest BCUT2D eigenvalue weighted by Gasteiger charge is -2.48. The molecule has 0 amide bonds. The predicted octanol–water partition coefficient (Wildman–Crippen LogP) is 10.3. The molecule has 0 saturated heterocycles. The van der Waals surface area contributed by atoms with Crippen LogP contribution in [0.5, 0.6) is 0 Å². The Hall–Kier alpha value is -4.50. The molecule has 2 nitrogen and oxygen atoms in total. The lowest BCUT2D eigenvalue weighted by atomic mass is 9.31. The number of nitrogens with zero attached hydrogens (tertiary/aromatic N) is 2. The largest absolute Gasteiger partial charge is 0.316 e. The molecule has 6 aliphatic rings. The molecule has 1 atom stereocenters. The zero-order valence-corrected chi connectivity index (χ0v) is 26.0. The minimum absolute atomic E-state index is 0.292. The zero-order valence-electron chi connectivity index (χ0n) is 26.0. The summed E-state index contributed by atoms with van der Waals surface area (Å²) < 4.78 is 0. The third kappa shape index (κ3) is 4.47. The number of allylic oxidation sites excluding steroid dienone is 13. The molecule has 3 aromatic carbocycles. The topological polar surface area (TPSA) is 6.48 Å². The fourth-order valence-electron chi connectivity index (χ4n) is 8.62. The Labute approximate surface area is 268 Å². The van der Waals surface area contributed by atoms with Gasteiger partial charge in [-0.05, 0) is 121 Å². The highest BCUT2D eigenvalue weighted by atomic mass is 15.2. The number of hydrogen-bond acceptors (Lipinski definition) is 2. The lowest BCUT2D eigenvalue weighted by Crippen LogP contribution is -2.52. The van der Waals surface area contributed by atoms with Gasteiger partial charge in [0.1, 0.15) is 0 Å². The van der Waals surface area contributed by atoms with Gasteiger partial charge in [-0.1, -0.05) is 97.1 Å². The van der Waals surface area contributed by atoms with Crippen molar-refractivity contribution in [1.29, 1.82) is 0 Å². The van der Waals surface area contributed by atoms with E-state index in [1.54, 1.807) is 5.57 Å². The van der Waals surface area contributed by atoms with E-state index in [-0.39, 0.29) is 0 Å². The maximum Gasteiger partial charge on any atom is 0.251 e. The third-order valence-electron chi connectivity index (χ3n) is 10.7. The Bertz CT molecular complexity index is 1880. The van der Waals surface area contributed by atoms with E-state index in [1.807, 2.05) is 0 Å². The van der Waals surface area contributed by atoms with Crippen molar-refractivity contribution in [2.75, 3.05) is 9.80 Å². The molecule has 220 valence electrons. The van der Waals surface area contributed by atoms with Gasteiger partial charge in [0, 0.05) is 34.2 Å². The average Bonchev–Trinajstić information content (AvgIpc) is 3.12. The molecule has 0 saturated carbocycles. The number of benzene rings is 3. The zero-order chi connectivity index (χ0) is 29.7. The van der Waals surface area contributed by atoms with Crippen LogP contribution in [-0.2, 0) is 0 Å². The van der Waals surface area contributed by atoms with Gasteiger partial charge in [-0.25, -0.2) is 0 Å². The van der Waals surface area contributed by atoms with Gasteiger partial charge in [-0.15, -0.1) is 0 Å². The van der Waals surface area contributed by atoms with E-state index in [0.29, 0.717) is 12.6 Å². The Morgan fingerprint density at radius 1 is 0.622 bits per heavy atom. The van der Waals surface area contributed by atoms with E-state index < -0.39 is 0 Å². The van der Waals surface area contributed by atoms with Gasteiger partial charge in [0.25, 0.3) is 6.71 Å². The van der Waals surface area contributed by atoms with Crippen LogP contribution in [0, 0.1) is 5.92 Å². The second-order valence-electron chi connectivity index (χ2n) is 13.2. The van der Waals surface area contributed by atoms with Crippen molar-refractivity contribution in [2.24, 2.45) is 5.92 Å².